The van der Waals surface area contributed by atoms with Gasteiger partial charge in [0.25, 0.3) is 0 Å². The lowest BCUT2D eigenvalue weighted by Gasteiger charge is -2.34. The first kappa shape index (κ1) is 23.0. The van der Waals surface area contributed by atoms with Crippen molar-refractivity contribution < 1.29 is 9.84 Å². The van der Waals surface area contributed by atoms with Gasteiger partial charge < -0.3 is 25.4 Å². The van der Waals surface area contributed by atoms with Gasteiger partial charge in [0.15, 0.2) is 5.96 Å². The van der Waals surface area contributed by atoms with Gasteiger partial charge in [-0.1, -0.05) is 30.3 Å². The number of nitrogens with zero attached hydrogens (tertiary/aromatic N) is 3. The van der Waals surface area contributed by atoms with Gasteiger partial charge >= 0.3 is 0 Å². The number of aliphatic hydroxyl groups excluding tert-OH is 1. The van der Waals surface area contributed by atoms with Crippen molar-refractivity contribution in [1.29, 1.82) is 0 Å². The lowest BCUT2D eigenvalue weighted by atomic mass is 9.84. The summed E-state index contributed by atoms with van der Waals surface area (Å²) in [5.74, 6) is 0.840. The van der Waals surface area contributed by atoms with Crippen molar-refractivity contribution >= 4 is 5.96 Å². The first-order valence-electron chi connectivity index (χ1n) is 11.3. The molecule has 0 amide bonds. The number of rotatable bonds is 10. The molecule has 0 aliphatic carbocycles. The highest BCUT2D eigenvalue weighted by Crippen LogP contribution is 2.31. The minimum atomic E-state index is 0.0335. The summed E-state index contributed by atoms with van der Waals surface area (Å²) in [6.07, 6.45) is 2.87. The molecule has 2 fully saturated rings. The number of benzene rings is 1. The van der Waals surface area contributed by atoms with E-state index >= 15 is 0 Å². The predicted molar refractivity (Wildman–Crippen MR) is 122 cm³/mol. The van der Waals surface area contributed by atoms with Crippen LogP contribution in [0.25, 0.3) is 0 Å². The van der Waals surface area contributed by atoms with Crippen LogP contribution in [0.3, 0.4) is 0 Å². The zero-order chi connectivity index (χ0) is 21.1. The average Bonchev–Trinajstić information content (AvgIpc) is 3.24. The molecule has 0 aromatic heterocycles. The summed E-state index contributed by atoms with van der Waals surface area (Å²) in [7, 11) is 1.81. The Hall–Kier alpha value is -1.67. The molecule has 3 rings (SSSR count). The number of ether oxygens (including phenoxy) is 1. The summed E-state index contributed by atoms with van der Waals surface area (Å²) < 4.78 is 5.57. The minimum absolute atomic E-state index is 0.0335. The van der Waals surface area contributed by atoms with E-state index in [0.29, 0.717) is 6.61 Å². The molecule has 0 saturated carbocycles. The van der Waals surface area contributed by atoms with Crippen LogP contribution in [-0.4, -0.2) is 93.5 Å². The first-order chi connectivity index (χ1) is 14.7. The SMILES string of the molecule is CN=C(NCCCN1CCN(Cc2ccccc2)CC1)NCC1(CCO)CCOC1. The second-order valence-corrected chi connectivity index (χ2v) is 8.59. The van der Waals surface area contributed by atoms with Gasteiger partial charge in [0.2, 0.25) is 0 Å². The van der Waals surface area contributed by atoms with Crippen LogP contribution >= 0.6 is 0 Å². The Kier molecular flexibility index (Phi) is 9.39. The molecule has 3 N–H and O–H groups in total. The number of hydrogen-bond acceptors (Lipinski definition) is 5. The summed E-state index contributed by atoms with van der Waals surface area (Å²) in [6.45, 7) is 10.1. The van der Waals surface area contributed by atoms with Gasteiger partial charge in [-0.2, -0.15) is 0 Å². The third kappa shape index (κ3) is 7.23. The Morgan fingerprint density at radius 3 is 2.57 bits per heavy atom. The number of hydrogen-bond donors (Lipinski definition) is 3. The van der Waals surface area contributed by atoms with E-state index in [1.165, 1.54) is 5.56 Å². The Morgan fingerprint density at radius 2 is 1.90 bits per heavy atom. The van der Waals surface area contributed by atoms with E-state index in [9.17, 15) is 5.11 Å². The third-order valence-electron chi connectivity index (χ3n) is 6.34. The number of piperazine rings is 1. The van der Waals surface area contributed by atoms with Crippen molar-refractivity contribution in [3.05, 3.63) is 35.9 Å². The Bertz CT molecular complexity index is 626. The van der Waals surface area contributed by atoms with E-state index in [4.69, 9.17) is 4.74 Å². The molecule has 0 spiro atoms. The highest BCUT2D eigenvalue weighted by molar-refractivity contribution is 5.79. The molecule has 1 aromatic carbocycles. The van der Waals surface area contributed by atoms with Gasteiger partial charge in [-0.3, -0.25) is 9.89 Å². The van der Waals surface area contributed by atoms with E-state index in [0.717, 1.165) is 84.2 Å². The smallest absolute Gasteiger partial charge is 0.190 e. The molecule has 2 aliphatic rings. The summed E-state index contributed by atoms with van der Waals surface area (Å²) >= 11 is 0. The minimum Gasteiger partial charge on any atom is -0.396 e. The van der Waals surface area contributed by atoms with Crippen LogP contribution in [0.15, 0.2) is 35.3 Å². The van der Waals surface area contributed by atoms with Crippen LogP contribution in [0.1, 0.15) is 24.8 Å². The fourth-order valence-corrected chi connectivity index (χ4v) is 4.33. The molecule has 30 heavy (non-hydrogen) atoms. The molecule has 7 nitrogen and oxygen atoms in total. The topological polar surface area (TPSA) is 72.4 Å². The largest absolute Gasteiger partial charge is 0.396 e. The van der Waals surface area contributed by atoms with Crippen molar-refractivity contribution in [1.82, 2.24) is 20.4 Å². The molecule has 0 bridgehead atoms. The number of aliphatic imine (C=N–C) groups is 1. The molecule has 0 radical (unpaired) electrons. The van der Waals surface area contributed by atoms with E-state index < -0.39 is 0 Å². The molecular formula is C23H39N5O2. The van der Waals surface area contributed by atoms with E-state index in [2.05, 4.69) is 55.8 Å². The summed E-state index contributed by atoms with van der Waals surface area (Å²) in [5.41, 5.74) is 1.44. The summed E-state index contributed by atoms with van der Waals surface area (Å²) in [5, 5.41) is 16.2. The fraction of sp³-hybridized carbons (Fsp3) is 0.696. The fourth-order valence-electron chi connectivity index (χ4n) is 4.33. The van der Waals surface area contributed by atoms with E-state index in [-0.39, 0.29) is 12.0 Å². The van der Waals surface area contributed by atoms with Gasteiger partial charge in [-0.05, 0) is 31.4 Å². The van der Waals surface area contributed by atoms with Gasteiger partial charge in [-0.15, -0.1) is 0 Å². The number of guanidine groups is 1. The van der Waals surface area contributed by atoms with Crippen LogP contribution in [0, 0.1) is 5.41 Å². The molecule has 7 heteroatoms. The lowest BCUT2D eigenvalue weighted by Crippen LogP contribution is -2.47. The Labute approximate surface area is 181 Å². The van der Waals surface area contributed by atoms with Gasteiger partial charge in [0, 0.05) is 71.5 Å². The molecule has 1 unspecified atom stereocenters. The van der Waals surface area contributed by atoms with Crippen molar-refractivity contribution in [2.75, 3.05) is 72.7 Å². The summed E-state index contributed by atoms with van der Waals surface area (Å²) in [6, 6.07) is 10.7. The predicted octanol–water partition coefficient (Wildman–Crippen LogP) is 1.15. The first-order valence-corrected chi connectivity index (χ1v) is 11.3. The van der Waals surface area contributed by atoms with Gasteiger partial charge in [0.1, 0.15) is 0 Å². The van der Waals surface area contributed by atoms with E-state index in [1.54, 1.807) is 0 Å². The molecule has 1 atom stereocenters. The van der Waals surface area contributed by atoms with Crippen LogP contribution in [0.4, 0.5) is 0 Å². The number of nitrogens with one attached hydrogen (secondary N) is 2. The lowest BCUT2D eigenvalue weighted by molar-refractivity contribution is 0.126. The third-order valence-corrected chi connectivity index (χ3v) is 6.34. The zero-order valence-corrected chi connectivity index (χ0v) is 18.5. The van der Waals surface area contributed by atoms with Crippen molar-refractivity contribution in [2.45, 2.75) is 25.8 Å². The van der Waals surface area contributed by atoms with Gasteiger partial charge in [0.05, 0.1) is 6.61 Å². The molecule has 168 valence electrons. The maximum Gasteiger partial charge on any atom is 0.190 e. The Morgan fingerprint density at radius 1 is 1.13 bits per heavy atom. The quantitative estimate of drug-likeness (QED) is 0.301. The van der Waals surface area contributed by atoms with E-state index in [1.807, 2.05) is 7.05 Å². The normalized spacial score (nSPS) is 23.6. The van der Waals surface area contributed by atoms with Crippen molar-refractivity contribution in [3.8, 4) is 0 Å². The molecule has 1 aromatic rings. The molecule has 2 heterocycles. The van der Waals surface area contributed by atoms with Crippen LogP contribution in [0.5, 0.6) is 0 Å². The molecule has 2 saturated heterocycles. The maximum atomic E-state index is 9.36. The second kappa shape index (κ2) is 12.2. The molecule has 2 aliphatic heterocycles. The highest BCUT2D eigenvalue weighted by Gasteiger charge is 2.34. The summed E-state index contributed by atoms with van der Waals surface area (Å²) in [4.78, 5) is 9.45. The van der Waals surface area contributed by atoms with Crippen LogP contribution in [0.2, 0.25) is 0 Å². The standard InChI is InChI=1S/C23H39N5O2/c1-24-22(26-19-23(8-16-29)9-17-30-20-23)25-10-5-11-27-12-14-28(15-13-27)18-21-6-3-2-4-7-21/h2-4,6-7,29H,5,8-20H2,1H3,(H2,24,25,26). The van der Waals surface area contributed by atoms with Crippen LogP contribution in [-0.2, 0) is 11.3 Å². The number of aliphatic hydroxyl groups is 1. The van der Waals surface area contributed by atoms with Crippen LogP contribution < -0.4 is 10.6 Å². The second-order valence-electron chi connectivity index (χ2n) is 8.59. The van der Waals surface area contributed by atoms with Crippen molar-refractivity contribution in [2.24, 2.45) is 10.4 Å². The highest BCUT2D eigenvalue weighted by atomic mass is 16.5. The monoisotopic (exact) mass is 417 g/mol. The van der Waals surface area contributed by atoms with Crippen molar-refractivity contribution in [3.63, 3.8) is 0 Å². The van der Waals surface area contributed by atoms with Gasteiger partial charge in [-0.25, -0.2) is 0 Å². The Balaban J connectivity index is 1.28. The molecular weight excluding hydrogens is 378 g/mol. The zero-order valence-electron chi connectivity index (χ0n) is 18.5. The average molecular weight is 418 g/mol. The maximum absolute atomic E-state index is 9.36.